The molecular formula is C14H15NO3. The van der Waals surface area contributed by atoms with Gasteiger partial charge in [0.1, 0.15) is 17.8 Å². The van der Waals surface area contributed by atoms with Crippen molar-refractivity contribution in [2.75, 3.05) is 13.7 Å². The van der Waals surface area contributed by atoms with Crippen LogP contribution in [0.2, 0.25) is 0 Å². The summed E-state index contributed by atoms with van der Waals surface area (Å²) in [7, 11) is 1.58. The second-order valence-electron chi connectivity index (χ2n) is 4.24. The Balaban J connectivity index is 2.16. The molecule has 0 bridgehead atoms. The summed E-state index contributed by atoms with van der Waals surface area (Å²) in [5.41, 5.74) is 0.693. The van der Waals surface area contributed by atoms with Crippen LogP contribution in [0.5, 0.6) is 5.75 Å². The summed E-state index contributed by atoms with van der Waals surface area (Å²) in [6.07, 6.45) is 1.18. The maximum absolute atomic E-state index is 12.2. The molecule has 0 aromatic heterocycles. The van der Waals surface area contributed by atoms with Gasteiger partial charge in [-0.1, -0.05) is 12.1 Å². The van der Waals surface area contributed by atoms with Crippen LogP contribution in [0.15, 0.2) is 24.3 Å². The Morgan fingerprint density at radius 2 is 2.22 bits per heavy atom. The normalized spacial score (nSPS) is 20.1. The van der Waals surface area contributed by atoms with E-state index in [4.69, 9.17) is 9.47 Å². The fourth-order valence-corrected chi connectivity index (χ4v) is 2.09. The first kappa shape index (κ1) is 12.6. The van der Waals surface area contributed by atoms with Gasteiger partial charge in [-0.05, 0) is 30.5 Å². The van der Waals surface area contributed by atoms with Crippen molar-refractivity contribution in [3.63, 3.8) is 0 Å². The highest BCUT2D eigenvalue weighted by molar-refractivity contribution is 5.92. The van der Waals surface area contributed by atoms with E-state index in [0.717, 1.165) is 6.42 Å². The maximum atomic E-state index is 12.2. The molecule has 94 valence electrons. The Labute approximate surface area is 106 Å². The van der Waals surface area contributed by atoms with Crippen molar-refractivity contribution in [3.05, 3.63) is 29.8 Å². The lowest BCUT2D eigenvalue weighted by Crippen LogP contribution is -2.25. The lowest BCUT2D eigenvalue weighted by molar-refractivity contribution is -0.128. The SMILES string of the molecule is COc1ccc(C(C#N)C(=O)C2CCCO2)cc1. The Hall–Kier alpha value is -1.86. The minimum Gasteiger partial charge on any atom is -0.497 e. The van der Waals surface area contributed by atoms with Gasteiger partial charge >= 0.3 is 0 Å². The highest BCUT2D eigenvalue weighted by Gasteiger charge is 2.31. The molecule has 0 N–H and O–H groups in total. The smallest absolute Gasteiger partial charge is 0.183 e. The average Bonchev–Trinajstić information content (AvgIpc) is 2.94. The van der Waals surface area contributed by atoms with Gasteiger partial charge in [0.15, 0.2) is 5.78 Å². The zero-order valence-corrected chi connectivity index (χ0v) is 10.3. The van der Waals surface area contributed by atoms with Crippen LogP contribution >= 0.6 is 0 Å². The fraction of sp³-hybridized carbons (Fsp3) is 0.429. The highest BCUT2D eigenvalue weighted by atomic mass is 16.5. The van der Waals surface area contributed by atoms with Crippen LogP contribution in [0.3, 0.4) is 0 Å². The van der Waals surface area contributed by atoms with Crippen molar-refractivity contribution < 1.29 is 14.3 Å². The van der Waals surface area contributed by atoms with E-state index in [1.807, 2.05) is 0 Å². The maximum Gasteiger partial charge on any atom is 0.183 e. The van der Waals surface area contributed by atoms with E-state index in [0.29, 0.717) is 24.3 Å². The Morgan fingerprint density at radius 3 is 2.72 bits per heavy atom. The van der Waals surface area contributed by atoms with Crippen molar-refractivity contribution in [2.24, 2.45) is 0 Å². The molecule has 18 heavy (non-hydrogen) atoms. The molecule has 0 saturated carbocycles. The first-order valence-corrected chi connectivity index (χ1v) is 5.95. The molecule has 1 aliphatic rings. The quantitative estimate of drug-likeness (QED) is 0.814. The van der Waals surface area contributed by atoms with Gasteiger partial charge in [-0.15, -0.1) is 0 Å². The van der Waals surface area contributed by atoms with Crippen molar-refractivity contribution in [3.8, 4) is 11.8 Å². The molecule has 4 heteroatoms. The summed E-state index contributed by atoms with van der Waals surface area (Å²) in [6, 6.07) is 9.07. The fourth-order valence-electron chi connectivity index (χ4n) is 2.09. The number of carbonyl (C=O) groups excluding carboxylic acids is 1. The number of nitriles is 1. The summed E-state index contributed by atoms with van der Waals surface area (Å²) in [5.74, 6) is -0.181. The Morgan fingerprint density at radius 1 is 1.50 bits per heavy atom. The summed E-state index contributed by atoms with van der Waals surface area (Å²) in [5, 5.41) is 9.18. The molecule has 1 heterocycles. The second kappa shape index (κ2) is 5.65. The summed E-state index contributed by atoms with van der Waals surface area (Å²) >= 11 is 0. The summed E-state index contributed by atoms with van der Waals surface area (Å²) < 4.78 is 10.4. The molecule has 0 amide bonds. The van der Waals surface area contributed by atoms with Crippen molar-refractivity contribution >= 4 is 5.78 Å². The minimum absolute atomic E-state index is 0.139. The zero-order chi connectivity index (χ0) is 13.0. The van der Waals surface area contributed by atoms with Gasteiger partial charge in [0.25, 0.3) is 0 Å². The molecule has 1 fully saturated rings. The van der Waals surface area contributed by atoms with Crippen LogP contribution in [-0.4, -0.2) is 25.6 Å². The summed E-state index contributed by atoms with van der Waals surface area (Å²) in [6.45, 7) is 0.608. The van der Waals surface area contributed by atoms with Gasteiger partial charge in [-0.25, -0.2) is 0 Å². The molecule has 0 spiro atoms. The number of hydrogen-bond acceptors (Lipinski definition) is 4. The van der Waals surface area contributed by atoms with Gasteiger partial charge in [-0.3, -0.25) is 4.79 Å². The van der Waals surface area contributed by atoms with E-state index >= 15 is 0 Å². The first-order chi connectivity index (χ1) is 8.76. The van der Waals surface area contributed by atoms with E-state index in [1.165, 1.54) is 0 Å². The van der Waals surface area contributed by atoms with E-state index in [-0.39, 0.29) is 5.78 Å². The van der Waals surface area contributed by atoms with E-state index in [2.05, 4.69) is 6.07 Å². The number of hydrogen-bond donors (Lipinski definition) is 0. The number of Topliss-reactive ketones (excluding diaryl/α,β-unsaturated/α-hetero) is 1. The lowest BCUT2D eigenvalue weighted by atomic mass is 9.92. The molecule has 0 aliphatic carbocycles. The molecule has 0 radical (unpaired) electrons. The molecule has 1 saturated heterocycles. The predicted molar refractivity (Wildman–Crippen MR) is 65.3 cm³/mol. The third-order valence-corrected chi connectivity index (χ3v) is 3.11. The van der Waals surface area contributed by atoms with Gasteiger partial charge in [0.05, 0.1) is 13.2 Å². The van der Waals surface area contributed by atoms with Crippen LogP contribution in [-0.2, 0) is 9.53 Å². The van der Waals surface area contributed by atoms with E-state index in [1.54, 1.807) is 31.4 Å². The average molecular weight is 245 g/mol. The standard InChI is InChI=1S/C14H15NO3/c1-17-11-6-4-10(5-7-11)12(9-15)14(16)13-3-2-8-18-13/h4-7,12-13H,2-3,8H2,1H3. The lowest BCUT2D eigenvalue weighted by Gasteiger charge is -2.13. The van der Waals surface area contributed by atoms with Crippen LogP contribution < -0.4 is 4.74 Å². The highest BCUT2D eigenvalue weighted by Crippen LogP contribution is 2.25. The monoisotopic (exact) mass is 245 g/mol. The van der Waals surface area contributed by atoms with Crippen LogP contribution in [0.4, 0.5) is 0 Å². The minimum atomic E-state index is -0.751. The third-order valence-electron chi connectivity index (χ3n) is 3.11. The number of benzene rings is 1. The van der Waals surface area contributed by atoms with Gasteiger partial charge in [0.2, 0.25) is 0 Å². The van der Waals surface area contributed by atoms with Crippen molar-refractivity contribution in [1.29, 1.82) is 5.26 Å². The summed E-state index contributed by atoms with van der Waals surface area (Å²) in [4.78, 5) is 12.2. The van der Waals surface area contributed by atoms with E-state index in [9.17, 15) is 10.1 Å². The van der Waals surface area contributed by atoms with Crippen molar-refractivity contribution in [2.45, 2.75) is 24.9 Å². The van der Waals surface area contributed by atoms with Crippen LogP contribution in [0.25, 0.3) is 0 Å². The van der Waals surface area contributed by atoms with E-state index < -0.39 is 12.0 Å². The molecule has 2 unspecified atom stereocenters. The van der Waals surface area contributed by atoms with Gasteiger partial charge in [0, 0.05) is 6.61 Å². The molecule has 2 atom stereocenters. The molecular weight excluding hydrogens is 230 g/mol. The number of nitrogens with zero attached hydrogens (tertiary/aromatic N) is 1. The Kier molecular flexibility index (Phi) is 3.96. The predicted octanol–water partition coefficient (Wildman–Crippen LogP) is 2.05. The number of rotatable bonds is 4. The van der Waals surface area contributed by atoms with Crippen LogP contribution in [0, 0.1) is 11.3 Å². The van der Waals surface area contributed by atoms with Gasteiger partial charge in [-0.2, -0.15) is 5.26 Å². The van der Waals surface area contributed by atoms with Gasteiger partial charge < -0.3 is 9.47 Å². The number of carbonyl (C=O) groups is 1. The van der Waals surface area contributed by atoms with Crippen molar-refractivity contribution in [1.82, 2.24) is 0 Å². The van der Waals surface area contributed by atoms with Crippen LogP contribution in [0.1, 0.15) is 24.3 Å². The molecule has 1 aromatic rings. The zero-order valence-electron chi connectivity index (χ0n) is 10.3. The first-order valence-electron chi connectivity index (χ1n) is 5.95. The molecule has 4 nitrogen and oxygen atoms in total. The molecule has 1 aromatic carbocycles. The topological polar surface area (TPSA) is 59.3 Å². The largest absolute Gasteiger partial charge is 0.497 e. The number of methoxy groups -OCH3 is 1. The second-order valence-corrected chi connectivity index (χ2v) is 4.24. The number of ketones is 1. The number of ether oxygens (including phenoxy) is 2. The molecule has 1 aliphatic heterocycles. The Bertz CT molecular complexity index is 455. The molecule has 2 rings (SSSR count). The third kappa shape index (κ3) is 2.52.